The second-order valence-corrected chi connectivity index (χ2v) is 9.34. The van der Waals surface area contributed by atoms with Crippen molar-refractivity contribution in [3.63, 3.8) is 0 Å². The fraction of sp³-hybridized carbons (Fsp3) is 0. The van der Waals surface area contributed by atoms with Crippen molar-refractivity contribution in [1.29, 1.82) is 0 Å². The molecule has 0 saturated heterocycles. The zero-order valence-electron chi connectivity index (χ0n) is 18.5. The topological polar surface area (TPSA) is 31.4 Å². The summed E-state index contributed by atoms with van der Waals surface area (Å²) >= 11 is 3.47. The van der Waals surface area contributed by atoms with Crippen LogP contribution >= 0.6 is 15.9 Å². The summed E-state index contributed by atoms with van der Waals surface area (Å²) in [5, 5.41) is 4.73. The Labute approximate surface area is 210 Å². The van der Waals surface area contributed by atoms with E-state index in [1.807, 2.05) is 42.6 Å². The molecule has 0 aliphatic carbocycles. The van der Waals surface area contributed by atoms with Gasteiger partial charge < -0.3 is 9.47 Å². The number of nitrogens with zero attached hydrogens (tertiary/aromatic N) is 1. The predicted octanol–water partition coefficient (Wildman–Crippen LogP) is 9.38. The third kappa shape index (κ3) is 3.29. The summed E-state index contributed by atoms with van der Waals surface area (Å²) in [6.07, 6.45) is 1.93. The molecule has 166 valence electrons. The fourth-order valence-electron chi connectivity index (χ4n) is 4.96. The van der Waals surface area contributed by atoms with Gasteiger partial charge in [0.2, 0.25) is 0 Å². The van der Waals surface area contributed by atoms with Gasteiger partial charge in [0.1, 0.15) is 4.60 Å². The summed E-state index contributed by atoms with van der Waals surface area (Å²) in [5.74, 6) is 2.90. The van der Waals surface area contributed by atoms with Crippen molar-refractivity contribution in [1.82, 2.24) is 4.98 Å². The molecule has 0 unspecified atom stereocenters. The van der Waals surface area contributed by atoms with E-state index in [9.17, 15) is 0 Å². The Balaban J connectivity index is 1.50. The van der Waals surface area contributed by atoms with E-state index < -0.39 is 0 Å². The molecule has 0 radical (unpaired) electrons. The van der Waals surface area contributed by atoms with Crippen molar-refractivity contribution < 1.29 is 9.47 Å². The van der Waals surface area contributed by atoms with Crippen molar-refractivity contribution in [2.45, 2.75) is 0 Å². The first kappa shape index (κ1) is 20.2. The third-order valence-electron chi connectivity index (χ3n) is 6.47. The quantitative estimate of drug-likeness (QED) is 0.169. The Morgan fingerprint density at radius 1 is 0.486 bits per heavy atom. The molecular weight excluding hydrogens is 498 g/mol. The Morgan fingerprint density at radius 3 is 1.54 bits per heavy atom. The molecule has 7 rings (SSSR count). The van der Waals surface area contributed by atoms with Crippen LogP contribution in [0.1, 0.15) is 0 Å². The molecule has 4 heteroatoms. The molecule has 0 atom stereocenters. The summed E-state index contributed by atoms with van der Waals surface area (Å²) in [6.45, 7) is 0. The summed E-state index contributed by atoms with van der Waals surface area (Å²) in [5.41, 5.74) is 4.53. The van der Waals surface area contributed by atoms with Crippen LogP contribution in [0.25, 0.3) is 43.8 Å². The zero-order valence-corrected chi connectivity index (χ0v) is 20.1. The van der Waals surface area contributed by atoms with Gasteiger partial charge >= 0.3 is 0 Å². The first-order valence-electron chi connectivity index (χ1n) is 11.4. The smallest absolute Gasteiger partial charge is 0.170 e. The number of para-hydroxylation sites is 2. The molecule has 6 aromatic rings. The molecule has 5 aromatic carbocycles. The normalized spacial score (nSPS) is 12.0. The van der Waals surface area contributed by atoms with E-state index >= 15 is 0 Å². The SMILES string of the molecule is Brc1ccc(-c2c3ccccc3c(-c3ccc4c(c3)Oc3ccccc3O4)c3ccccc23)cn1. The Hall–Kier alpha value is -4.15. The first-order chi connectivity index (χ1) is 17.3. The average molecular weight is 516 g/mol. The summed E-state index contributed by atoms with van der Waals surface area (Å²) in [7, 11) is 0. The molecule has 35 heavy (non-hydrogen) atoms. The van der Waals surface area contributed by atoms with Gasteiger partial charge in [-0.15, -0.1) is 0 Å². The highest BCUT2D eigenvalue weighted by Gasteiger charge is 2.21. The summed E-state index contributed by atoms with van der Waals surface area (Å²) in [6, 6.07) is 35.2. The van der Waals surface area contributed by atoms with Gasteiger partial charge in [-0.25, -0.2) is 4.98 Å². The summed E-state index contributed by atoms with van der Waals surface area (Å²) in [4.78, 5) is 4.50. The predicted molar refractivity (Wildman–Crippen MR) is 144 cm³/mol. The maximum atomic E-state index is 6.23. The highest BCUT2D eigenvalue weighted by Crippen LogP contribution is 2.49. The van der Waals surface area contributed by atoms with E-state index in [-0.39, 0.29) is 0 Å². The highest BCUT2D eigenvalue weighted by molar-refractivity contribution is 9.10. The fourth-order valence-corrected chi connectivity index (χ4v) is 5.19. The standard InChI is InChI=1S/C31H18BrNO2/c32-29-16-14-20(18-33-29)31-23-9-3-1-7-21(23)30(22-8-2-4-10-24(22)31)19-13-15-27-28(17-19)35-26-12-6-5-11-25(26)34-27/h1-18H. The Bertz CT molecular complexity index is 1700. The van der Waals surface area contributed by atoms with Gasteiger partial charge in [-0.2, -0.15) is 0 Å². The second kappa shape index (κ2) is 7.97. The number of benzene rings is 5. The van der Waals surface area contributed by atoms with E-state index in [0.29, 0.717) is 0 Å². The molecule has 0 N–H and O–H groups in total. The van der Waals surface area contributed by atoms with Crippen LogP contribution < -0.4 is 9.47 Å². The number of rotatable bonds is 2. The molecule has 0 amide bonds. The van der Waals surface area contributed by atoms with Crippen molar-refractivity contribution in [2.24, 2.45) is 0 Å². The molecular formula is C31H18BrNO2. The van der Waals surface area contributed by atoms with Gasteiger partial charge in [-0.1, -0.05) is 72.8 Å². The number of pyridine rings is 1. The van der Waals surface area contributed by atoms with Crippen LogP contribution in [0, 0.1) is 0 Å². The molecule has 1 aliphatic rings. The van der Waals surface area contributed by atoms with Crippen LogP contribution in [0.5, 0.6) is 23.0 Å². The largest absolute Gasteiger partial charge is 0.450 e. The lowest BCUT2D eigenvalue weighted by molar-refractivity contribution is 0.360. The lowest BCUT2D eigenvalue weighted by Gasteiger charge is -2.22. The van der Waals surface area contributed by atoms with Crippen molar-refractivity contribution in [2.75, 3.05) is 0 Å². The van der Waals surface area contributed by atoms with Gasteiger partial charge in [0.25, 0.3) is 0 Å². The zero-order chi connectivity index (χ0) is 23.4. The van der Waals surface area contributed by atoms with E-state index in [4.69, 9.17) is 9.47 Å². The van der Waals surface area contributed by atoms with Gasteiger partial charge in [-0.3, -0.25) is 0 Å². The number of hydrogen-bond donors (Lipinski definition) is 0. The number of aromatic nitrogens is 1. The van der Waals surface area contributed by atoms with Gasteiger partial charge in [0, 0.05) is 11.8 Å². The van der Waals surface area contributed by atoms with Gasteiger partial charge in [0.15, 0.2) is 23.0 Å². The minimum absolute atomic E-state index is 0.718. The highest BCUT2D eigenvalue weighted by atomic mass is 79.9. The molecule has 1 aliphatic heterocycles. The van der Waals surface area contributed by atoms with Crippen LogP contribution in [0.4, 0.5) is 0 Å². The van der Waals surface area contributed by atoms with Crippen molar-refractivity contribution >= 4 is 37.5 Å². The van der Waals surface area contributed by atoms with E-state index in [0.717, 1.165) is 38.7 Å². The summed E-state index contributed by atoms with van der Waals surface area (Å²) < 4.78 is 13.1. The third-order valence-corrected chi connectivity index (χ3v) is 6.94. The molecule has 0 spiro atoms. The maximum Gasteiger partial charge on any atom is 0.170 e. The number of hydrogen-bond acceptors (Lipinski definition) is 3. The molecule has 0 fully saturated rings. The lowest BCUT2D eigenvalue weighted by Crippen LogP contribution is -1.99. The van der Waals surface area contributed by atoms with Crippen LogP contribution in [0.15, 0.2) is 114 Å². The molecule has 2 heterocycles. The van der Waals surface area contributed by atoms with E-state index in [1.165, 1.54) is 32.7 Å². The maximum absolute atomic E-state index is 6.23. The van der Waals surface area contributed by atoms with Crippen LogP contribution in [-0.2, 0) is 0 Å². The molecule has 1 aromatic heterocycles. The number of halogens is 1. The van der Waals surface area contributed by atoms with Crippen molar-refractivity contribution in [3.8, 4) is 45.3 Å². The molecule has 0 saturated carbocycles. The minimum atomic E-state index is 0.718. The minimum Gasteiger partial charge on any atom is -0.450 e. The van der Waals surface area contributed by atoms with Crippen LogP contribution in [0.3, 0.4) is 0 Å². The number of ether oxygens (including phenoxy) is 2. The molecule has 0 bridgehead atoms. The monoisotopic (exact) mass is 515 g/mol. The van der Waals surface area contributed by atoms with Gasteiger partial charge in [0.05, 0.1) is 0 Å². The number of fused-ring (bicyclic) bond motifs is 4. The van der Waals surface area contributed by atoms with Crippen LogP contribution in [0.2, 0.25) is 0 Å². The first-order valence-corrected chi connectivity index (χ1v) is 12.2. The lowest BCUT2D eigenvalue weighted by atomic mass is 9.86. The Kier molecular flexibility index (Phi) is 4.61. The molecule has 3 nitrogen and oxygen atoms in total. The van der Waals surface area contributed by atoms with Crippen molar-refractivity contribution in [3.05, 3.63) is 114 Å². The Morgan fingerprint density at radius 2 is 0.971 bits per heavy atom. The van der Waals surface area contributed by atoms with E-state index in [2.05, 4.69) is 87.6 Å². The van der Waals surface area contributed by atoms with Gasteiger partial charge in [-0.05, 0) is 84.5 Å². The average Bonchev–Trinajstić information content (AvgIpc) is 2.91. The van der Waals surface area contributed by atoms with E-state index in [1.54, 1.807) is 0 Å². The van der Waals surface area contributed by atoms with Crippen LogP contribution in [-0.4, -0.2) is 4.98 Å². The second-order valence-electron chi connectivity index (χ2n) is 8.52.